The molecule has 1 atom stereocenters. The fourth-order valence-corrected chi connectivity index (χ4v) is 1.34. The largest absolute Gasteiger partial charge is 0.448 e. The molecule has 15 heavy (non-hydrogen) atoms. The van der Waals surface area contributed by atoms with E-state index >= 15 is 0 Å². The van der Waals surface area contributed by atoms with Gasteiger partial charge >= 0.3 is 0 Å². The van der Waals surface area contributed by atoms with Gasteiger partial charge in [-0.25, -0.2) is 0 Å². The summed E-state index contributed by atoms with van der Waals surface area (Å²) in [4.78, 5) is 13.0. The van der Waals surface area contributed by atoms with Crippen LogP contribution in [0.3, 0.4) is 0 Å². The number of hydrogen-bond acceptors (Lipinski definition) is 3. The molecule has 0 unspecified atom stereocenters. The molecule has 0 fully saturated rings. The Morgan fingerprint density at radius 3 is 2.73 bits per heavy atom. The number of carbonyl (C=O) groups excluding carboxylic acids is 1. The molecule has 0 aliphatic rings. The Hall–Kier alpha value is -1.00. The van der Waals surface area contributed by atoms with Crippen LogP contribution in [0.15, 0.2) is 16.5 Å². The van der Waals surface area contributed by atoms with Crippen LogP contribution >= 0.6 is 11.6 Å². The van der Waals surface area contributed by atoms with Crippen molar-refractivity contribution in [3.8, 4) is 0 Å². The first kappa shape index (κ1) is 12.1. The Kier molecular flexibility index (Phi) is 4.17. The van der Waals surface area contributed by atoms with Crippen molar-refractivity contribution < 1.29 is 9.21 Å². The molecule has 1 amide bonds. The van der Waals surface area contributed by atoms with Crippen LogP contribution in [0, 0.1) is 0 Å². The highest BCUT2D eigenvalue weighted by molar-refractivity contribution is 6.28. The number of likely N-dealkylation sites (N-methyl/N-ethyl adjacent to an activating group) is 1. The Labute approximate surface area is 94.2 Å². The molecule has 0 aliphatic carbocycles. The molecular weight excluding hydrogens is 216 g/mol. The van der Waals surface area contributed by atoms with Gasteiger partial charge in [0, 0.05) is 14.1 Å². The molecule has 0 aliphatic heterocycles. The molecule has 4 nitrogen and oxygen atoms in total. The van der Waals surface area contributed by atoms with Gasteiger partial charge in [-0.2, -0.15) is 0 Å². The van der Waals surface area contributed by atoms with Crippen molar-refractivity contribution in [2.24, 2.45) is 0 Å². The van der Waals surface area contributed by atoms with Gasteiger partial charge in [-0.1, -0.05) is 0 Å². The summed E-state index contributed by atoms with van der Waals surface area (Å²) < 4.78 is 5.15. The lowest BCUT2D eigenvalue weighted by atomic mass is 10.3. The molecule has 0 saturated heterocycles. The highest BCUT2D eigenvalue weighted by atomic mass is 35.5. The highest BCUT2D eigenvalue weighted by Gasteiger charge is 2.14. The number of halogens is 1. The van der Waals surface area contributed by atoms with Crippen LogP contribution < -0.4 is 5.32 Å². The first-order valence-electron chi connectivity index (χ1n) is 4.69. The topological polar surface area (TPSA) is 45.5 Å². The third-order valence-corrected chi connectivity index (χ3v) is 2.23. The van der Waals surface area contributed by atoms with Crippen LogP contribution in [-0.2, 0) is 11.3 Å². The van der Waals surface area contributed by atoms with Gasteiger partial charge in [0.25, 0.3) is 0 Å². The second-order valence-corrected chi connectivity index (χ2v) is 3.91. The van der Waals surface area contributed by atoms with Crippen molar-refractivity contribution in [3.05, 3.63) is 23.1 Å². The monoisotopic (exact) mass is 230 g/mol. The van der Waals surface area contributed by atoms with Crippen LogP contribution in [0.1, 0.15) is 12.7 Å². The Balaban J connectivity index is 2.40. The Bertz CT molecular complexity index is 336. The van der Waals surface area contributed by atoms with Gasteiger partial charge in [0.1, 0.15) is 5.76 Å². The molecule has 1 N–H and O–H groups in total. The summed E-state index contributed by atoms with van der Waals surface area (Å²) in [5.74, 6) is 0.756. The maximum atomic E-state index is 11.5. The summed E-state index contributed by atoms with van der Waals surface area (Å²) in [6, 6.07) is 3.23. The van der Waals surface area contributed by atoms with Gasteiger partial charge in [0.15, 0.2) is 5.22 Å². The molecule has 0 radical (unpaired) electrons. The van der Waals surface area contributed by atoms with E-state index in [4.69, 9.17) is 16.0 Å². The van der Waals surface area contributed by atoms with Gasteiger partial charge in [0.2, 0.25) is 5.91 Å². The molecule has 5 heteroatoms. The maximum absolute atomic E-state index is 11.5. The van der Waals surface area contributed by atoms with E-state index in [0.29, 0.717) is 11.8 Å². The SMILES string of the molecule is C[C@@H](NCc1ccc(Cl)o1)C(=O)N(C)C. The molecule has 1 rings (SSSR count). The highest BCUT2D eigenvalue weighted by Crippen LogP contribution is 2.12. The fourth-order valence-electron chi connectivity index (χ4n) is 1.18. The van der Waals surface area contributed by atoms with E-state index in [2.05, 4.69) is 5.32 Å². The zero-order valence-electron chi connectivity index (χ0n) is 9.08. The zero-order valence-corrected chi connectivity index (χ0v) is 9.84. The molecule has 1 aromatic heterocycles. The molecule has 0 aromatic carbocycles. The van der Waals surface area contributed by atoms with E-state index in [1.165, 1.54) is 0 Å². The van der Waals surface area contributed by atoms with Gasteiger partial charge < -0.3 is 9.32 Å². The smallest absolute Gasteiger partial charge is 0.238 e. The van der Waals surface area contributed by atoms with E-state index in [9.17, 15) is 4.79 Å². The van der Waals surface area contributed by atoms with Crippen molar-refractivity contribution in [2.45, 2.75) is 19.5 Å². The lowest BCUT2D eigenvalue weighted by Crippen LogP contribution is -2.41. The summed E-state index contributed by atoms with van der Waals surface area (Å²) in [5.41, 5.74) is 0. The van der Waals surface area contributed by atoms with Gasteiger partial charge in [0.05, 0.1) is 12.6 Å². The standard InChI is InChI=1S/C10H15ClN2O2/c1-7(10(14)13(2)3)12-6-8-4-5-9(11)15-8/h4-5,7,12H,6H2,1-3H3/t7-/m1/s1. The average Bonchev–Trinajstić information content (AvgIpc) is 2.59. The predicted molar refractivity (Wildman–Crippen MR) is 58.7 cm³/mol. The summed E-state index contributed by atoms with van der Waals surface area (Å²) in [7, 11) is 3.45. The summed E-state index contributed by atoms with van der Waals surface area (Å²) in [6.45, 7) is 2.31. The number of hydrogen-bond donors (Lipinski definition) is 1. The molecule has 84 valence electrons. The summed E-state index contributed by atoms with van der Waals surface area (Å²) in [5, 5.41) is 3.41. The lowest BCUT2D eigenvalue weighted by Gasteiger charge is -2.17. The molecule has 1 aromatic rings. The fraction of sp³-hybridized carbons (Fsp3) is 0.500. The average molecular weight is 231 g/mol. The van der Waals surface area contributed by atoms with E-state index in [1.54, 1.807) is 31.1 Å². The minimum Gasteiger partial charge on any atom is -0.448 e. The van der Waals surface area contributed by atoms with Gasteiger partial charge in [-0.05, 0) is 30.7 Å². The van der Waals surface area contributed by atoms with Crippen molar-refractivity contribution in [3.63, 3.8) is 0 Å². The molecule has 1 heterocycles. The minimum absolute atomic E-state index is 0.0349. The zero-order chi connectivity index (χ0) is 11.4. The molecule has 0 spiro atoms. The van der Waals surface area contributed by atoms with Crippen molar-refractivity contribution in [2.75, 3.05) is 14.1 Å². The van der Waals surface area contributed by atoms with Crippen LogP contribution in [0.5, 0.6) is 0 Å². The van der Waals surface area contributed by atoms with Crippen LogP contribution in [0.2, 0.25) is 5.22 Å². The van der Waals surface area contributed by atoms with E-state index in [1.807, 2.05) is 6.92 Å². The van der Waals surface area contributed by atoms with Gasteiger partial charge in [-0.15, -0.1) is 0 Å². The quantitative estimate of drug-likeness (QED) is 0.853. The Morgan fingerprint density at radius 2 is 2.27 bits per heavy atom. The number of nitrogens with one attached hydrogen (secondary N) is 1. The van der Waals surface area contributed by atoms with Crippen LogP contribution in [0.25, 0.3) is 0 Å². The second-order valence-electron chi connectivity index (χ2n) is 3.54. The number of rotatable bonds is 4. The van der Waals surface area contributed by atoms with E-state index in [0.717, 1.165) is 5.76 Å². The molecule has 0 saturated carbocycles. The second kappa shape index (κ2) is 5.19. The maximum Gasteiger partial charge on any atom is 0.238 e. The first-order valence-corrected chi connectivity index (χ1v) is 5.07. The Morgan fingerprint density at radius 1 is 1.60 bits per heavy atom. The predicted octanol–water partition coefficient (Wildman–Crippen LogP) is 1.50. The summed E-state index contributed by atoms with van der Waals surface area (Å²) >= 11 is 5.62. The molecular formula is C10H15ClN2O2. The number of nitrogens with zero attached hydrogens (tertiary/aromatic N) is 1. The lowest BCUT2D eigenvalue weighted by molar-refractivity contribution is -0.130. The van der Waals surface area contributed by atoms with E-state index in [-0.39, 0.29) is 11.9 Å². The normalized spacial score (nSPS) is 12.5. The number of furan rings is 1. The first-order chi connectivity index (χ1) is 7.00. The third kappa shape index (κ3) is 3.57. The van der Waals surface area contributed by atoms with E-state index < -0.39 is 0 Å². The van der Waals surface area contributed by atoms with Gasteiger partial charge in [-0.3, -0.25) is 10.1 Å². The minimum atomic E-state index is -0.233. The number of amides is 1. The van der Waals surface area contributed by atoms with Crippen molar-refractivity contribution in [1.29, 1.82) is 0 Å². The molecule has 0 bridgehead atoms. The van der Waals surface area contributed by atoms with Crippen LogP contribution in [0.4, 0.5) is 0 Å². The van der Waals surface area contributed by atoms with Crippen molar-refractivity contribution in [1.82, 2.24) is 10.2 Å². The number of carbonyl (C=O) groups is 1. The third-order valence-electron chi connectivity index (χ3n) is 2.02. The van der Waals surface area contributed by atoms with Crippen LogP contribution in [-0.4, -0.2) is 30.9 Å². The van der Waals surface area contributed by atoms with Crippen molar-refractivity contribution >= 4 is 17.5 Å². The summed E-state index contributed by atoms with van der Waals surface area (Å²) in [6.07, 6.45) is 0.